The van der Waals surface area contributed by atoms with E-state index in [0.29, 0.717) is 6.54 Å². The van der Waals surface area contributed by atoms with Crippen LogP contribution in [-0.2, 0) is 0 Å². The van der Waals surface area contributed by atoms with Crippen molar-refractivity contribution in [2.24, 2.45) is 0 Å². The van der Waals surface area contributed by atoms with Gasteiger partial charge in [0.1, 0.15) is 0 Å². The van der Waals surface area contributed by atoms with E-state index in [1.165, 1.54) is 0 Å². The summed E-state index contributed by atoms with van der Waals surface area (Å²) in [5.74, 6) is 0.238. The van der Waals surface area contributed by atoms with Crippen molar-refractivity contribution in [2.45, 2.75) is 19.9 Å². The Morgan fingerprint density at radius 1 is 1.41 bits per heavy atom. The summed E-state index contributed by atoms with van der Waals surface area (Å²) in [7, 11) is 0. The van der Waals surface area contributed by atoms with Gasteiger partial charge in [-0.15, -0.1) is 0 Å². The first-order valence-electron chi connectivity index (χ1n) is 7.10. The van der Waals surface area contributed by atoms with Crippen molar-refractivity contribution in [2.75, 3.05) is 11.4 Å². The van der Waals surface area contributed by atoms with Crippen LogP contribution in [-0.4, -0.2) is 33.7 Å². The number of anilines is 1. The van der Waals surface area contributed by atoms with Crippen LogP contribution in [0.15, 0.2) is 48.0 Å². The van der Waals surface area contributed by atoms with Gasteiger partial charge in [0.2, 0.25) is 0 Å². The molecule has 1 fully saturated rings. The molecular formula is C16H18N4O2. The lowest BCUT2D eigenvalue weighted by atomic mass is 10.1. The molecule has 1 aromatic heterocycles. The number of carbonyl (C=O) groups is 1. The van der Waals surface area contributed by atoms with Gasteiger partial charge in [-0.25, -0.2) is 9.78 Å². The monoisotopic (exact) mass is 298 g/mol. The number of fused-ring (bicyclic) bond motifs is 1. The molecular weight excluding hydrogens is 280 g/mol. The van der Waals surface area contributed by atoms with Crippen molar-refractivity contribution >= 4 is 22.8 Å². The number of amides is 2. The Labute approximate surface area is 128 Å². The van der Waals surface area contributed by atoms with Gasteiger partial charge >= 0.3 is 6.03 Å². The van der Waals surface area contributed by atoms with Crippen LogP contribution in [0, 0.1) is 0 Å². The minimum absolute atomic E-state index is 0.0801. The molecule has 6 nitrogen and oxygen atoms in total. The predicted octanol–water partition coefficient (Wildman–Crippen LogP) is 2.87. The number of H-pyrrole nitrogens is 1. The number of imidazole rings is 1. The smallest absolute Gasteiger partial charge is 0.322 e. The maximum Gasteiger partial charge on any atom is 0.322 e. The number of aromatic nitrogens is 2. The minimum atomic E-state index is -0.124. The molecule has 0 radical (unpaired) electrons. The minimum Gasteiger partial charge on any atom is -0.513 e. The summed E-state index contributed by atoms with van der Waals surface area (Å²) in [4.78, 5) is 21.2. The number of urea groups is 1. The van der Waals surface area contributed by atoms with Gasteiger partial charge < -0.3 is 15.4 Å². The van der Waals surface area contributed by atoms with Crippen LogP contribution in [0.4, 0.5) is 10.5 Å². The maximum atomic E-state index is 12.2. The van der Waals surface area contributed by atoms with E-state index in [4.69, 9.17) is 0 Å². The van der Waals surface area contributed by atoms with Crippen LogP contribution in [0.3, 0.4) is 0 Å². The maximum absolute atomic E-state index is 12.2. The summed E-state index contributed by atoms with van der Waals surface area (Å²) >= 11 is 0. The highest BCUT2D eigenvalue weighted by molar-refractivity contribution is 5.97. The molecule has 0 spiro atoms. The highest BCUT2D eigenvalue weighted by Gasteiger charge is 2.32. The lowest BCUT2D eigenvalue weighted by molar-refractivity contribution is 0.252. The molecule has 0 bridgehead atoms. The van der Waals surface area contributed by atoms with E-state index in [1.807, 2.05) is 31.2 Å². The van der Waals surface area contributed by atoms with Gasteiger partial charge in [-0.1, -0.05) is 6.08 Å². The molecule has 1 saturated heterocycles. The molecule has 0 aliphatic carbocycles. The number of aromatic amines is 1. The predicted molar refractivity (Wildman–Crippen MR) is 85.9 cm³/mol. The SMILES string of the molecule is C/C(O)=C\C=C(/C)C1CNC(=O)N1c1ccc2nc[nH]c2c1. The second-order valence-corrected chi connectivity index (χ2v) is 5.39. The second-order valence-electron chi connectivity index (χ2n) is 5.39. The molecule has 2 aromatic rings. The third-order valence-corrected chi connectivity index (χ3v) is 3.77. The van der Waals surface area contributed by atoms with Gasteiger partial charge in [0.15, 0.2) is 0 Å². The molecule has 2 heterocycles. The quantitative estimate of drug-likeness (QED) is 0.602. The zero-order valence-electron chi connectivity index (χ0n) is 12.5. The third kappa shape index (κ3) is 2.55. The molecule has 1 aliphatic heterocycles. The third-order valence-electron chi connectivity index (χ3n) is 3.77. The molecule has 1 unspecified atom stereocenters. The van der Waals surface area contributed by atoms with Crippen molar-refractivity contribution in [3.8, 4) is 0 Å². The number of rotatable bonds is 3. The summed E-state index contributed by atoms with van der Waals surface area (Å²) in [5.41, 5.74) is 3.57. The standard InChI is InChI=1S/C16H18N4O2/c1-10(3-4-11(2)21)15-8-17-16(22)20(15)12-5-6-13-14(7-12)19-9-18-13/h3-7,9,15,21H,8H2,1-2H3,(H,17,22)(H,18,19)/b10-3+,11-4+. The van der Waals surface area contributed by atoms with Crippen LogP contribution in [0.1, 0.15) is 13.8 Å². The molecule has 1 aromatic carbocycles. The first-order chi connectivity index (χ1) is 10.6. The van der Waals surface area contributed by atoms with Gasteiger partial charge in [0, 0.05) is 12.2 Å². The van der Waals surface area contributed by atoms with E-state index < -0.39 is 0 Å². The molecule has 2 amide bonds. The van der Waals surface area contributed by atoms with Crippen molar-refractivity contribution in [1.29, 1.82) is 0 Å². The highest BCUT2D eigenvalue weighted by Crippen LogP contribution is 2.26. The molecule has 114 valence electrons. The van der Waals surface area contributed by atoms with E-state index in [9.17, 15) is 9.90 Å². The Morgan fingerprint density at radius 2 is 2.23 bits per heavy atom. The Balaban J connectivity index is 1.96. The normalized spacial score (nSPS) is 19.8. The van der Waals surface area contributed by atoms with Gasteiger partial charge in [-0.2, -0.15) is 0 Å². The van der Waals surface area contributed by atoms with Crippen LogP contribution < -0.4 is 10.2 Å². The number of allylic oxidation sites excluding steroid dienone is 3. The van der Waals surface area contributed by atoms with E-state index in [2.05, 4.69) is 15.3 Å². The first-order valence-corrected chi connectivity index (χ1v) is 7.10. The number of nitrogens with one attached hydrogen (secondary N) is 2. The topological polar surface area (TPSA) is 81.2 Å². The number of benzene rings is 1. The Kier molecular flexibility index (Phi) is 3.58. The summed E-state index contributed by atoms with van der Waals surface area (Å²) in [6.45, 7) is 4.11. The Hall–Kier alpha value is -2.76. The fourth-order valence-corrected chi connectivity index (χ4v) is 2.60. The molecule has 3 rings (SSSR count). The molecule has 1 atom stereocenters. The van der Waals surface area contributed by atoms with Gasteiger partial charge in [-0.05, 0) is 43.7 Å². The molecule has 1 aliphatic rings. The average molecular weight is 298 g/mol. The largest absolute Gasteiger partial charge is 0.513 e. The second kappa shape index (κ2) is 5.55. The number of hydrogen-bond acceptors (Lipinski definition) is 3. The lowest BCUT2D eigenvalue weighted by Crippen LogP contribution is -2.34. The van der Waals surface area contributed by atoms with E-state index >= 15 is 0 Å². The van der Waals surface area contributed by atoms with E-state index in [1.54, 1.807) is 24.2 Å². The van der Waals surface area contributed by atoms with Gasteiger partial charge in [-0.3, -0.25) is 4.90 Å². The van der Waals surface area contributed by atoms with Crippen LogP contribution in [0.25, 0.3) is 11.0 Å². The molecule has 6 heteroatoms. The summed E-state index contributed by atoms with van der Waals surface area (Å²) < 4.78 is 0. The van der Waals surface area contributed by atoms with E-state index in [-0.39, 0.29) is 17.8 Å². The van der Waals surface area contributed by atoms with Crippen LogP contribution >= 0.6 is 0 Å². The summed E-state index contributed by atoms with van der Waals surface area (Å²) in [5, 5.41) is 12.1. The molecule has 22 heavy (non-hydrogen) atoms. The summed E-state index contributed by atoms with van der Waals surface area (Å²) in [6, 6.07) is 5.49. The molecule has 0 saturated carbocycles. The number of carbonyl (C=O) groups excluding carboxylic acids is 1. The number of aliphatic hydroxyl groups is 1. The Bertz CT molecular complexity index is 771. The zero-order valence-corrected chi connectivity index (χ0v) is 12.5. The van der Waals surface area contributed by atoms with Gasteiger partial charge in [0.05, 0.1) is 29.2 Å². The zero-order chi connectivity index (χ0) is 15.7. The Morgan fingerprint density at radius 3 is 3.00 bits per heavy atom. The van der Waals surface area contributed by atoms with E-state index in [0.717, 1.165) is 22.3 Å². The summed E-state index contributed by atoms with van der Waals surface area (Å²) in [6.07, 6.45) is 5.10. The number of nitrogens with zero attached hydrogens (tertiary/aromatic N) is 2. The van der Waals surface area contributed by atoms with Crippen molar-refractivity contribution in [3.05, 3.63) is 48.0 Å². The first kappa shape index (κ1) is 14.2. The lowest BCUT2D eigenvalue weighted by Gasteiger charge is -2.23. The van der Waals surface area contributed by atoms with Crippen molar-refractivity contribution in [1.82, 2.24) is 15.3 Å². The van der Waals surface area contributed by atoms with Crippen molar-refractivity contribution < 1.29 is 9.90 Å². The fourth-order valence-electron chi connectivity index (χ4n) is 2.60. The average Bonchev–Trinajstić information content (AvgIpc) is 3.10. The number of hydrogen-bond donors (Lipinski definition) is 3. The molecule has 3 N–H and O–H groups in total. The fraction of sp³-hybridized carbons (Fsp3) is 0.250. The van der Waals surface area contributed by atoms with Gasteiger partial charge in [0.25, 0.3) is 0 Å². The van der Waals surface area contributed by atoms with Crippen molar-refractivity contribution in [3.63, 3.8) is 0 Å². The number of aliphatic hydroxyl groups excluding tert-OH is 1. The van der Waals surface area contributed by atoms with Crippen LogP contribution in [0.5, 0.6) is 0 Å². The highest BCUT2D eigenvalue weighted by atomic mass is 16.3. The van der Waals surface area contributed by atoms with Crippen LogP contribution in [0.2, 0.25) is 0 Å².